The number of carbonyl (C=O) groups is 1. The quantitative estimate of drug-likeness (QED) is 0.832. The van der Waals surface area contributed by atoms with Crippen molar-refractivity contribution in [2.45, 2.75) is 31.4 Å². The molecule has 6 heteroatoms. The molecule has 21 heavy (non-hydrogen) atoms. The van der Waals surface area contributed by atoms with Gasteiger partial charge in [0.05, 0.1) is 17.7 Å². The SMILES string of the molecule is NC(=O)c1ccc(N2C[C@H](O)[C@@H](N3CCCCC3)C2)nc1. The normalized spacial score (nSPS) is 27.0. The number of pyridine rings is 1. The van der Waals surface area contributed by atoms with Gasteiger partial charge in [0.2, 0.25) is 5.91 Å². The van der Waals surface area contributed by atoms with Gasteiger partial charge in [0.25, 0.3) is 0 Å². The first-order valence-electron chi connectivity index (χ1n) is 7.58. The maximum Gasteiger partial charge on any atom is 0.250 e. The zero-order valence-corrected chi connectivity index (χ0v) is 12.1. The minimum Gasteiger partial charge on any atom is -0.390 e. The Morgan fingerprint density at radius 2 is 2.00 bits per heavy atom. The molecule has 0 bridgehead atoms. The summed E-state index contributed by atoms with van der Waals surface area (Å²) in [6.45, 7) is 3.52. The molecule has 1 aromatic heterocycles. The molecule has 0 unspecified atom stereocenters. The molecular weight excluding hydrogens is 268 g/mol. The number of likely N-dealkylation sites (tertiary alicyclic amines) is 1. The summed E-state index contributed by atoms with van der Waals surface area (Å²) >= 11 is 0. The van der Waals surface area contributed by atoms with Gasteiger partial charge in [0.15, 0.2) is 0 Å². The van der Waals surface area contributed by atoms with Gasteiger partial charge in [-0.2, -0.15) is 0 Å². The van der Waals surface area contributed by atoms with Crippen LogP contribution in [0.1, 0.15) is 29.6 Å². The van der Waals surface area contributed by atoms with Crippen LogP contribution in [0.3, 0.4) is 0 Å². The van der Waals surface area contributed by atoms with E-state index < -0.39 is 5.91 Å². The molecule has 3 N–H and O–H groups in total. The molecule has 0 aromatic carbocycles. The molecule has 2 aliphatic rings. The number of amides is 1. The number of aliphatic hydroxyl groups is 1. The van der Waals surface area contributed by atoms with Gasteiger partial charge in [-0.25, -0.2) is 4.98 Å². The molecule has 0 radical (unpaired) electrons. The van der Waals surface area contributed by atoms with Crippen molar-refractivity contribution in [3.05, 3.63) is 23.9 Å². The van der Waals surface area contributed by atoms with Crippen molar-refractivity contribution in [3.63, 3.8) is 0 Å². The summed E-state index contributed by atoms with van der Waals surface area (Å²) in [5.41, 5.74) is 5.63. The summed E-state index contributed by atoms with van der Waals surface area (Å²) < 4.78 is 0. The second kappa shape index (κ2) is 5.99. The first-order chi connectivity index (χ1) is 10.1. The van der Waals surface area contributed by atoms with Gasteiger partial charge in [0, 0.05) is 19.3 Å². The topological polar surface area (TPSA) is 82.7 Å². The van der Waals surface area contributed by atoms with E-state index in [4.69, 9.17) is 5.73 Å². The van der Waals surface area contributed by atoms with Crippen molar-refractivity contribution in [1.29, 1.82) is 0 Å². The highest BCUT2D eigenvalue weighted by Crippen LogP contribution is 2.24. The summed E-state index contributed by atoms with van der Waals surface area (Å²) in [6.07, 6.45) is 4.88. The Morgan fingerprint density at radius 3 is 2.62 bits per heavy atom. The average molecular weight is 290 g/mol. The van der Waals surface area contributed by atoms with E-state index in [1.807, 2.05) is 0 Å². The lowest BCUT2D eigenvalue weighted by atomic mass is 10.1. The van der Waals surface area contributed by atoms with Crippen LogP contribution in [0.5, 0.6) is 0 Å². The summed E-state index contributed by atoms with van der Waals surface area (Å²) in [7, 11) is 0. The molecule has 1 aromatic rings. The van der Waals surface area contributed by atoms with Crippen LogP contribution >= 0.6 is 0 Å². The Bertz CT molecular complexity index is 499. The highest BCUT2D eigenvalue weighted by Gasteiger charge is 2.36. The number of carbonyl (C=O) groups excluding carboxylic acids is 1. The smallest absolute Gasteiger partial charge is 0.250 e. The Kier molecular flexibility index (Phi) is 4.07. The van der Waals surface area contributed by atoms with Crippen LogP contribution < -0.4 is 10.6 Å². The second-order valence-corrected chi connectivity index (χ2v) is 5.91. The van der Waals surface area contributed by atoms with E-state index >= 15 is 0 Å². The number of rotatable bonds is 3. The fraction of sp³-hybridized carbons (Fsp3) is 0.600. The predicted molar refractivity (Wildman–Crippen MR) is 80.2 cm³/mol. The number of hydrogen-bond donors (Lipinski definition) is 2. The van der Waals surface area contributed by atoms with Gasteiger partial charge in [-0.05, 0) is 38.1 Å². The molecule has 3 rings (SSSR count). The van der Waals surface area contributed by atoms with Crippen LogP contribution in [0.25, 0.3) is 0 Å². The van der Waals surface area contributed by atoms with E-state index in [2.05, 4.69) is 14.8 Å². The van der Waals surface area contributed by atoms with Gasteiger partial charge >= 0.3 is 0 Å². The van der Waals surface area contributed by atoms with E-state index in [0.717, 1.165) is 25.5 Å². The minimum absolute atomic E-state index is 0.183. The predicted octanol–water partition coefficient (Wildman–Crippen LogP) is 0.216. The number of piperidine rings is 1. The number of primary amides is 1. The number of anilines is 1. The number of aromatic nitrogens is 1. The first kappa shape index (κ1) is 14.3. The molecule has 0 spiro atoms. The van der Waals surface area contributed by atoms with Crippen molar-refractivity contribution < 1.29 is 9.90 Å². The largest absolute Gasteiger partial charge is 0.390 e. The van der Waals surface area contributed by atoms with Crippen molar-refractivity contribution in [3.8, 4) is 0 Å². The lowest BCUT2D eigenvalue weighted by Crippen LogP contribution is -2.45. The van der Waals surface area contributed by atoms with E-state index in [9.17, 15) is 9.90 Å². The molecular formula is C15H22N4O2. The highest BCUT2D eigenvalue weighted by molar-refractivity contribution is 5.92. The molecule has 2 saturated heterocycles. The van der Waals surface area contributed by atoms with Crippen LogP contribution in [0.15, 0.2) is 18.3 Å². The number of nitrogens with zero attached hydrogens (tertiary/aromatic N) is 3. The van der Waals surface area contributed by atoms with E-state index in [1.165, 1.54) is 25.5 Å². The molecule has 2 atom stereocenters. The van der Waals surface area contributed by atoms with Gasteiger partial charge in [-0.15, -0.1) is 0 Å². The van der Waals surface area contributed by atoms with Crippen molar-refractivity contribution in [1.82, 2.24) is 9.88 Å². The van der Waals surface area contributed by atoms with Gasteiger partial charge in [-0.3, -0.25) is 9.69 Å². The van der Waals surface area contributed by atoms with E-state index in [-0.39, 0.29) is 12.1 Å². The number of β-amino-alcohol motifs (C(OH)–C–C–N with tert-alkyl or cyclic N) is 1. The third-order valence-corrected chi connectivity index (χ3v) is 4.48. The van der Waals surface area contributed by atoms with Crippen molar-refractivity contribution >= 4 is 11.7 Å². The third kappa shape index (κ3) is 3.01. The monoisotopic (exact) mass is 290 g/mol. The Morgan fingerprint density at radius 1 is 1.24 bits per heavy atom. The van der Waals surface area contributed by atoms with E-state index in [1.54, 1.807) is 12.1 Å². The van der Waals surface area contributed by atoms with Gasteiger partial charge < -0.3 is 15.7 Å². The average Bonchev–Trinajstić information content (AvgIpc) is 2.90. The van der Waals surface area contributed by atoms with E-state index in [0.29, 0.717) is 12.1 Å². The maximum absolute atomic E-state index is 11.1. The lowest BCUT2D eigenvalue weighted by molar-refractivity contribution is 0.0706. The molecule has 3 heterocycles. The molecule has 0 saturated carbocycles. The number of aliphatic hydroxyl groups excluding tert-OH is 1. The number of hydrogen-bond acceptors (Lipinski definition) is 5. The fourth-order valence-corrected chi connectivity index (χ4v) is 3.28. The second-order valence-electron chi connectivity index (χ2n) is 5.91. The van der Waals surface area contributed by atoms with Crippen molar-refractivity contribution in [2.75, 3.05) is 31.1 Å². The highest BCUT2D eigenvalue weighted by atomic mass is 16.3. The molecule has 114 valence electrons. The van der Waals surface area contributed by atoms with Crippen LogP contribution in [0, 0.1) is 0 Å². The molecule has 2 fully saturated rings. The summed E-state index contributed by atoms with van der Waals surface area (Å²) in [5, 5.41) is 10.3. The summed E-state index contributed by atoms with van der Waals surface area (Å²) in [6, 6.07) is 3.67. The van der Waals surface area contributed by atoms with Gasteiger partial charge in [0.1, 0.15) is 5.82 Å². The molecule has 2 aliphatic heterocycles. The standard InChI is InChI=1S/C15H22N4O2/c16-15(21)11-4-5-14(17-8-11)19-9-12(13(20)10-19)18-6-2-1-3-7-18/h4-5,8,12-13,20H,1-3,6-7,9-10H2,(H2,16,21)/t12-,13-/m0/s1. The summed E-state index contributed by atoms with van der Waals surface area (Å²) in [4.78, 5) is 19.8. The zero-order valence-electron chi connectivity index (χ0n) is 12.1. The molecule has 0 aliphatic carbocycles. The summed E-state index contributed by atoms with van der Waals surface area (Å²) in [5.74, 6) is 0.320. The Hall–Kier alpha value is -1.66. The minimum atomic E-state index is -0.471. The number of nitrogens with two attached hydrogens (primary N) is 1. The molecule has 6 nitrogen and oxygen atoms in total. The zero-order chi connectivity index (χ0) is 14.8. The van der Waals surface area contributed by atoms with Crippen molar-refractivity contribution in [2.24, 2.45) is 5.73 Å². The van der Waals surface area contributed by atoms with Crippen LogP contribution in [0.2, 0.25) is 0 Å². The first-order valence-corrected chi connectivity index (χ1v) is 7.58. The van der Waals surface area contributed by atoms with Crippen LogP contribution in [-0.4, -0.2) is 59.2 Å². The Balaban J connectivity index is 1.68. The fourth-order valence-electron chi connectivity index (χ4n) is 3.28. The Labute approximate surface area is 124 Å². The molecule has 1 amide bonds. The van der Waals surface area contributed by atoms with Gasteiger partial charge in [-0.1, -0.05) is 6.42 Å². The van der Waals surface area contributed by atoms with Crippen LogP contribution in [0.4, 0.5) is 5.82 Å². The lowest BCUT2D eigenvalue weighted by Gasteiger charge is -2.33. The maximum atomic E-state index is 11.1. The third-order valence-electron chi connectivity index (χ3n) is 4.48. The van der Waals surface area contributed by atoms with Crippen LogP contribution in [-0.2, 0) is 0 Å².